The van der Waals surface area contributed by atoms with Gasteiger partial charge in [0, 0.05) is 25.8 Å². The highest BCUT2D eigenvalue weighted by Gasteiger charge is 2.17. The molecule has 134 valence electrons. The predicted octanol–water partition coefficient (Wildman–Crippen LogP) is 2.35. The fraction of sp³-hybridized carbons (Fsp3) is 0.389. The SMILES string of the molecule is Cc1cc(C)n(-c2ccccc2CNC(=O)N(C)CC(C)C(=O)O)n1. The summed E-state index contributed by atoms with van der Waals surface area (Å²) < 4.78 is 1.85. The maximum absolute atomic E-state index is 12.2. The summed E-state index contributed by atoms with van der Waals surface area (Å²) in [6.07, 6.45) is 0. The minimum atomic E-state index is -0.922. The number of aliphatic carboxylic acids is 1. The van der Waals surface area contributed by atoms with E-state index in [1.54, 1.807) is 14.0 Å². The Balaban J connectivity index is 2.08. The molecule has 0 aliphatic rings. The number of aromatic nitrogens is 2. The van der Waals surface area contributed by atoms with E-state index in [1.807, 2.05) is 48.9 Å². The van der Waals surface area contributed by atoms with Gasteiger partial charge < -0.3 is 15.3 Å². The number of urea groups is 1. The van der Waals surface area contributed by atoms with Crippen molar-refractivity contribution < 1.29 is 14.7 Å². The van der Waals surface area contributed by atoms with Crippen LogP contribution < -0.4 is 5.32 Å². The number of aryl methyl sites for hydroxylation is 2. The summed E-state index contributed by atoms with van der Waals surface area (Å²) in [5.41, 5.74) is 3.79. The van der Waals surface area contributed by atoms with Crippen LogP contribution in [0.15, 0.2) is 30.3 Å². The molecule has 2 amide bonds. The molecule has 0 aliphatic carbocycles. The molecule has 2 aromatic rings. The number of carbonyl (C=O) groups is 2. The van der Waals surface area contributed by atoms with Crippen molar-refractivity contribution in [1.29, 1.82) is 0 Å². The fourth-order valence-corrected chi connectivity index (χ4v) is 2.62. The topological polar surface area (TPSA) is 87.5 Å². The third kappa shape index (κ3) is 4.59. The minimum absolute atomic E-state index is 0.153. The second-order valence-corrected chi connectivity index (χ2v) is 6.25. The Labute approximate surface area is 147 Å². The molecule has 1 unspecified atom stereocenters. The average molecular weight is 344 g/mol. The van der Waals surface area contributed by atoms with Gasteiger partial charge in [-0.15, -0.1) is 0 Å². The van der Waals surface area contributed by atoms with Crippen LogP contribution >= 0.6 is 0 Å². The lowest BCUT2D eigenvalue weighted by Gasteiger charge is -2.20. The smallest absolute Gasteiger partial charge is 0.317 e. The van der Waals surface area contributed by atoms with Crippen molar-refractivity contribution in [2.45, 2.75) is 27.3 Å². The molecule has 1 heterocycles. The van der Waals surface area contributed by atoms with E-state index in [0.29, 0.717) is 6.54 Å². The molecule has 7 heteroatoms. The van der Waals surface area contributed by atoms with E-state index in [1.165, 1.54) is 4.90 Å². The molecule has 0 spiro atoms. The molecule has 7 nitrogen and oxygen atoms in total. The number of nitrogens with one attached hydrogen (secondary N) is 1. The Morgan fingerprint density at radius 2 is 2.00 bits per heavy atom. The van der Waals surface area contributed by atoms with E-state index in [4.69, 9.17) is 5.11 Å². The van der Waals surface area contributed by atoms with Crippen LogP contribution in [0.4, 0.5) is 4.79 Å². The number of carboxylic acids is 1. The molecular formula is C18H24N4O3. The van der Waals surface area contributed by atoms with Crippen molar-refractivity contribution >= 4 is 12.0 Å². The van der Waals surface area contributed by atoms with Crippen LogP contribution in [0.25, 0.3) is 5.69 Å². The second kappa shape index (κ2) is 7.83. The van der Waals surface area contributed by atoms with Gasteiger partial charge in [-0.25, -0.2) is 9.48 Å². The molecule has 0 bridgehead atoms. The maximum atomic E-state index is 12.2. The maximum Gasteiger partial charge on any atom is 0.317 e. The average Bonchev–Trinajstić information content (AvgIpc) is 2.90. The second-order valence-electron chi connectivity index (χ2n) is 6.25. The van der Waals surface area contributed by atoms with Gasteiger partial charge in [0.05, 0.1) is 17.3 Å². The highest BCUT2D eigenvalue weighted by Crippen LogP contribution is 2.17. The molecule has 1 aromatic carbocycles. The van der Waals surface area contributed by atoms with Gasteiger partial charge in [-0.2, -0.15) is 5.10 Å². The third-order valence-corrected chi connectivity index (χ3v) is 3.98. The van der Waals surface area contributed by atoms with Crippen molar-refractivity contribution in [1.82, 2.24) is 20.0 Å². The molecular weight excluding hydrogens is 320 g/mol. The number of rotatable bonds is 6. The van der Waals surface area contributed by atoms with E-state index in [-0.39, 0.29) is 12.6 Å². The van der Waals surface area contributed by atoms with E-state index in [2.05, 4.69) is 10.4 Å². The minimum Gasteiger partial charge on any atom is -0.481 e. The molecule has 1 atom stereocenters. The van der Waals surface area contributed by atoms with Gasteiger partial charge in [0.2, 0.25) is 0 Å². The van der Waals surface area contributed by atoms with Gasteiger partial charge in [-0.1, -0.05) is 25.1 Å². The summed E-state index contributed by atoms with van der Waals surface area (Å²) >= 11 is 0. The first kappa shape index (κ1) is 18.5. The summed E-state index contributed by atoms with van der Waals surface area (Å²) in [5.74, 6) is -1.53. The van der Waals surface area contributed by atoms with Gasteiger partial charge in [0.1, 0.15) is 0 Å². The molecule has 0 fully saturated rings. The van der Waals surface area contributed by atoms with E-state index in [9.17, 15) is 9.59 Å². The zero-order chi connectivity index (χ0) is 18.6. The number of amides is 2. The zero-order valence-corrected chi connectivity index (χ0v) is 15.0. The summed E-state index contributed by atoms with van der Waals surface area (Å²) in [6, 6.07) is 9.42. The summed E-state index contributed by atoms with van der Waals surface area (Å²) in [4.78, 5) is 24.5. The standard InChI is InChI=1S/C18H24N4O3/c1-12(17(23)24)11-21(4)18(25)19-10-15-7-5-6-8-16(15)22-14(3)9-13(2)20-22/h5-9,12H,10-11H2,1-4H3,(H,19,25)(H,23,24). The molecule has 0 radical (unpaired) electrons. The first-order valence-electron chi connectivity index (χ1n) is 8.13. The van der Waals surface area contributed by atoms with Crippen molar-refractivity contribution in [3.05, 3.63) is 47.3 Å². The summed E-state index contributed by atoms with van der Waals surface area (Å²) in [6.45, 7) is 5.98. The Morgan fingerprint density at radius 1 is 1.32 bits per heavy atom. The van der Waals surface area contributed by atoms with E-state index < -0.39 is 11.9 Å². The van der Waals surface area contributed by atoms with Crippen molar-refractivity contribution in [3.63, 3.8) is 0 Å². The molecule has 0 saturated carbocycles. The molecule has 0 aliphatic heterocycles. The Morgan fingerprint density at radius 3 is 2.60 bits per heavy atom. The number of para-hydroxylation sites is 1. The normalized spacial score (nSPS) is 11.8. The lowest BCUT2D eigenvalue weighted by molar-refractivity contribution is -0.141. The lowest BCUT2D eigenvalue weighted by Crippen LogP contribution is -2.40. The van der Waals surface area contributed by atoms with Crippen LogP contribution in [0.1, 0.15) is 23.9 Å². The number of hydrogen-bond acceptors (Lipinski definition) is 3. The Hall–Kier alpha value is -2.83. The lowest BCUT2D eigenvalue weighted by atomic mass is 10.1. The van der Waals surface area contributed by atoms with Crippen molar-refractivity contribution in [2.24, 2.45) is 5.92 Å². The van der Waals surface area contributed by atoms with Gasteiger partial charge in [-0.3, -0.25) is 4.79 Å². The Bertz CT molecular complexity index is 769. The highest BCUT2D eigenvalue weighted by atomic mass is 16.4. The van der Waals surface area contributed by atoms with Gasteiger partial charge in [-0.05, 0) is 31.5 Å². The molecule has 2 N–H and O–H groups in total. The number of nitrogens with zero attached hydrogens (tertiary/aromatic N) is 3. The Kier molecular flexibility index (Phi) is 5.80. The fourth-order valence-electron chi connectivity index (χ4n) is 2.62. The molecule has 0 saturated heterocycles. The first-order chi connectivity index (χ1) is 11.8. The van der Waals surface area contributed by atoms with Gasteiger partial charge in [0.15, 0.2) is 0 Å². The van der Waals surface area contributed by atoms with E-state index in [0.717, 1.165) is 22.6 Å². The van der Waals surface area contributed by atoms with Gasteiger partial charge in [0.25, 0.3) is 0 Å². The third-order valence-electron chi connectivity index (χ3n) is 3.98. The molecule has 25 heavy (non-hydrogen) atoms. The number of carbonyl (C=O) groups excluding carboxylic acids is 1. The summed E-state index contributed by atoms with van der Waals surface area (Å²) in [7, 11) is 1.59. The molecule has 1 aromatic heterocycles. The zero-order valence-electron chi connectivity index (χ0n) is 15.0. The number of hydrogen-bond donors (Lipinski definition) is 2. The number of benzene rings is 1. The van der Waals surface area contributed by atoms with Crippen LogP contribution in [0, 0.1) is 19.8 Å². The molecule has 2 rings (SSSR count). The van der Waals surface area contributed by atoms with Gasteiger partial charge >= 0.3 is 12.0 Å². The van der Waals surface area contributed by atoms with Crippen LogP contribution in [-0.2, 0) is 11.3 Å². The van der Waals surface area contributed by atoms with Crippen molar-refractivity contribution in [3.8, 4) is 5.69 Å². The monoisotopic (exact) mass is 344 g/mol. The van der Waals surface area contributed by atoms with Crippen LogP contribution in [0.2, 0.25) is 0 Å². The first-order valence-corrected chi connectivity index (χ1v) is 8.13. The van der Waals surface area contributed by atoms with Crippen LogP contribution in [0.3, 0.4) is 0 Å². The van der Waals surface area contributed by atoms with Crippen molar-refractivity contribution in [2.75, 3.05) is 13.6 Å². The summed E-state index contributed by atoms with van der Waals surface area (Å²) in [5, 5.41) is 16.3. The van der Waals surface area contributed by atoms with Crippen LogP contribution in [-0.4, -0.2) is 45.4 Å². The van der Waals surface area contributed by atoms with E-state index >= 15 is 0 Å². The predicted molar refractivity (Wildman–Crippen MR) is 94.7 cm³/mol. The number of carboxylic acid groups (broad SMARTS) is 1. The largest absolute Gasteiger partial charge is 0.481 e. The van der Waals surface area contributed by atoms with Crippen LogP contribution in [0.5, 0.6) is 0 Å². The highest BCUT2D eigenvalue weighted by molar-refractivity contribution is 5.75. The quantitative estimate of drug-likeness (QED) is 0.842.